The van der Waals surface area contributed by atoms with E-state index < -0.39 is 18.1 Å². The smallest absolute Gasteiger partial charge is 0.325 e. The van der Waals surface area contributed by atoms with Crippen molar-refractivity contribution >= 4 is 17.0 Å². The number of fused-ring (bicyclic) bond motifs is 1. The molecule has 1 unspecified atom stereocenters. The zero-order chi connectivity index (χ0) is 26.6. The van der Waals surface area contributed by atoms with Crippen molar-refractivity contribution in [2.75, 3.05) is 20.3 Å². The predicted molar refractivity (Wildman–Crippen MR) is 140 cm³/mol. The van der Waals surface area contributed by atoms with Gasteiger partial charge in [-0.05, 0) is 50.5 Å². The largest absolute Gasteiger partial charge is 0.464 e. The average molecular weight is 499 g/mol. The van der Waals surface area contributed by atoms with Gasteiger partial charge in [-0.15, -0.1) is 0 Å². The molecule has 196 valence electrons. The van der Waals surface area contributed by atoms with Crippen LogP contribution in [0.15, 0.2) is 35.3 Å². The Morgan fingerprint density at radius 3 is 2.50 bits per heavy atom. The van der Waals surface area contributed by atoms with Crippen molar-refractivity contribution in [1.82, 2.24) is 19.4 Å². The van der Waals surface area contributed by atoms with Crippen molar-refractivity contribution in [3.63, 3.8) is 0 Å². The number of imidazole rings is 1. The SMILES string of the molecule is COCC(C)n1c(-c2cc(C)c(=O)n(C)c2)nc2cc(CN[C@H](C(=O)OCC(C)C)[C@@H](C)O)ccc21. The summed E-state index contributed by atoms with van der Waals surface area (Å²) in [5.41, 5.74) is 4.08. The van der Waals surface area contributed by atoms with Crippen LogP contribution in [0.5, 0.6) is 0 Å². The van der Waals surface area contributed by atoms with Gasteiger partial charge in [-0.1, -0.05) is 19.9 Å². The standard InChI is InChI=1S/C27H38N4O5/c1-16(2)14-36-27(34)24(19(5)32)28-12-20-8-9-23-22(11-20)29-25(31(23)18(4)15-35-7)21-10-17(3)26(33)30(6)13-21/h8-11,13,16,18-19,24,28,32H,12,14-15H2,1-7H3/t18?,19-,24+/m1/s1. The number of pyridine rings is 1. The minimum atomic E-state index is -0.901. The molecule has 3 aromatic rings. The Morgan fingerprint density at radius 2 is 1.89 bits per heavy atom. The van der Waals surface area contributed by atoms with Crippen molar-refractivity contribution in [3.05, 3.63) is 51.9 Å². The Balaban J connectivity index is 1.95. The van der Waals surface area contributed by atoms with Crippen LogP contribution in [0.3, 0.4) is 0 Å². The Bertz CT molecular complexity index is 1230. The molecule has 2 aromatic heterocycles. The first kappa shape index (κ1) is 27.6. The second-order valence-corrected chi connectivity index (χ2v) is 9.88. The quantitative estimate of drug-likeness (QED) is 0.391. The molecule has 0 aliphatic rings. The molecule has 9 heteroatoms. The number of hydrogen-bond donors (Lipinski definition) is 2. The minimum Gasteiger partial charge on any atom is -0.464 e. The molecular weight excluding hydrogens is 460 g/mol. The zero-order valence-corrected chi connectivity index (χ0v) is 22.2. The maximum absolute atomic E-state index is 12.4. The fourth-order valence-corrected chi connectivity index (χ4v) is 4.24. The average Bonchev–Trinajstić information content (AvgIpc) is 3.20. The number of nitrogens with zero attached hydrogens (tertiary/aromatic N) is 3. The molecule has 0 saturated heterocycles. The van der Waals surface area contributed by atoms with Crippen LogP contribution in [0, 0.1) is 12.8 Å². The summed E-state index contributed by atoms with van der Waals surface area (Å²) in [6.45, 7) is 10.5. The monoisotopic (exact) mass is 498 g/mol. The van der Waals surface area contributed by atoms with Crippen LogP contribution in [0.25, 0.3) is 22.4 Å². The molecule has 3 atom stereocenters. The van der Waals surface area contributed by atoms with E-state index in [2.05, 4.69) is 16.8 Å². The van der Waals surface area contributed by atoms with Crippen LogP contribution in [0.1, 0.15) is 44.9 Å². The fourth-order valence-electron chi connectivity index (χ4n) is 4.24. The van der Waals surface area contributed by atoms with E-state index in [1.807, 2.05) is 38.1 Å². The number of ether oxygens (including phenoxy) is 2. The molecule has 9 nitrogen and oxygen atoms in total. The highest BCUT2D eigenvalue weighted by Crippen LogP contribution is 2.29. The number of nitrogens with one attached hydrogen (secondary N) is 1. The third-order valence-corrected chi connectivity index (χ3v) is 6.04. The van der Waals surface area contributed by atoms with E-state index in [4.69, 9.17) is 14.5 Å². The van der Waals surface area contributed by atoms with E-state index in [1.54, 1.807) is 38.8 Å². The lowest BCUT2D eigenvalue weighted by molar-refractivity contribution is -0.150. The summed E-state index contributed by atoms with van der Waals surface area (Å²) in [5, 5.41) is 13.2. The first-order chi connectivity index (χ1) is 17.0. The molecule has 0 radical (unpaired) electrons. The summed E-state index contributed by atoms with van der Waals surface area (Å²) in [6, 6.07) is 6.97. The molecule has 0 amide bonds. The summed E-state index contributed by atoms with van der Waals surface area (Å²) in [5.74, 6) is 0.494. The minimum absolute atomic E-state index is 0.00635. The second-order valence-electron chi connectivity index (χ2n) is 9.88. The normalized spacial score (nSPS) is 14.2. The molecule has 36 heavy (non-hydrogen) atoms. The molecular formula is C27H38N4O5. The van der Waals surface area contributed by atoms with E-state index in [0.29, 0.717) is 25.3 Å². The van der Waals surface area contributed by atoms with Gasteiger partial charge in [-0.3, -0.25) is 14.9 Å². The van der Waals surface area contributed by atoms with Crippen molar-refractivity contribution in [2.24, 2.45) is 13.0 Å². The van der Waals surface area contributed by atoms with Crippen LogP contribution in [-0.4, -0.2) is 57.7 Å². The number of esters is 1. The molecule has 1 aromatic carbocycles. The lowest BCUT2D eigenvalue weighted by atomic mass is 10.1. The third kappa shape index (κ3) is 6.21. The van der Waals surface area contributed by atoms with Gasteiger partial charge in [0.2, 0.25) is 0 Å². The number of aromatic nitrogens is 3. The summed E-state index contributed by atoms with van der Waals surface area (Å²) in [7, 11) is 3.40. The molecule has 3 rings (SSSR count). The van der Waals surface area contributed by atoms with Gasteiger partial charge in [0.05, 0.1) is 36.4 Å². The van der Waals surface area contributed by atoms with Crippen molar-refractivity contribution in [1.29, 1.82) is 0 Å². The highest BCUT2D eigenvalue weighted by atomic mass is 16.5. The van der Waals surface area contributed by atoms with E-state index in [9.17, 15) is 14.7 Å². The van der Waals surface area contributed by atoms with E-state index in [-0.39, 0.29) is 17.5 Å². The highest BCUT2D eigenvalue weighted by Gasteiger charge is 2.25. The van der Waals surface area contributed by atoms with Gasteiger partial charge < -0.3 is 23.7 Å². The molecule has 2 heterocycles. The van der Waals surface area contributed by atoms with E-state index in [0.717, 1.165) is 28.0 Å². The first-order valence-electron chi connectivity index (χ1n) is 12.3. The Labute approximate surface area is 212 Å². The number of carbonyl (C=O) groups excluding carboxylic acids is 1. The van der Waals surface area contributed by atoms with E-state index >= 15 is 0 Å². The highest BCUT2D eigenvalue weighted by molar-refractivity contribution is 5.81. The maximum atomic E-state index is 12.4. The Kier molecular flexibility index (Phi) is 9.05. The van der Waals surface area contributed by atoms with Crippen molar-refractivity contribution < 1.29 is 19.4 Å². The van der Waals surface area contributed by atoms with Crippen molar-refractivity contribution in [2.45, 2.75) is 59.4 Å². The molecule has 0 saturated carbocycles. The molecule has 0 aliphatic carbocycles. The van der Waals surface area contributed by atoms with E-state index in [1.165, 1.54) is 0 Å². The van der Waals surface area contributed by atoms with Gasteiger partial charge in [-0.2, -0.15) is 0 Å². The van der Waals surface area contributed by atoms with Gasteiger partial charge in [-0.25, -0.2) is 4.98 Å². The molecule has 0 aliphatic heterocycles. The van der Waals surface area contributed by atoms with Crippen LogP contribution in [0.2, 0.25) is 0 Å². The van der Waals surface area contributed by atoms with Gasteiger partial charge in [0, 0.05) is 38.0 Å². The number of aliphatic hydroxyl groups is 1. The number of methoxy groups -OCH3 is 1. The summed E-state index contributed by atoms with van der Waals surface area (Å²) in [4.78, 5) is 29.6. The number of carbonyl (C=O) groups is 1. The second kappa shape index (κ2) is 11.8. The van der Waals surface area contributed by atoms with Crippen LogP contribution in [-0.2, 0) is 27.9 Å². The topological polar surface area (TPSA) is 108 Å². The number of rotatable bonds is 11. The van der Waals surface area contributed by atoms with Gasteiger partial charge in [0.15, 0.2) is 0 Å². The lowest BCUT2D eigenvalue weighted by Gasteiger charge is -2.21. The van der Waals surface area contributed by atoms with Crippen LogP contribution in [0.4, 0.5) is 0 Å². The van der Waals surface area contributed by atoms with Gasteiger partial charge in [0.25, 0.3) is 5.56 Å². The third-order valence-electron chi connectivity index (χ3n) is 6.04. The Morgan fingerprint density at radius 1 is 1.17 bits per heavy atom. The van der Waals surface area contributed by atoms with Crippen LogP contribution >= 0.6 is 0 Å². The number of benzene rings is 1. The van der Waals surface area contributed by atoms with Gasteiger partial charge in [0.1, 0.15) is 11.9 Å². The fraction of sp³-hybridized carbons (Fsp3) is 0.519. The first-order valence-corrected chi connectivity index (χ1v) is 12.3. The number of aryl methyl sites for hydroxylation is 2. The summed E-state index contributed by atoms with van der Waals surface area (Å²) >= 11 is 0. The molecule has 2 N–H and O–H groups in total. The summed E-state index contributed by atoms with van der Waals surface area (Å²) in [6.07, 6.45) is 0.896. The Hall–Kier alpha value is -3.01. The molecule has 0 fully saturated rings. The predicted octanol–water partition coefficient (Wildman–Crippen LogP) is 2.96. The van der Waals surface area contributed by atoms with Gasteiger partial charge >= 0.3 is 5.97 Å². The number of aliphatic hydroxyl groups excluding tert-OH is 1. The zero-order valence-electron chi connectivity index (χ0n) is 22.2. The maximum Gasteiger partial charge on any atom is 0.325 e. The van der Waals surface area contributed by atoms with Crippen molar-refractivity contribution in [3.8, 4) is 11.4 Å². The van der Waals surface area contributed by atoms with Crippen LogP contribution < -0.4 is 10.9 Å². The lowest BCUT2D eigenvalue weighted by Crippen LogP contribution is -2.45. The number of hydrogen-bond acceptors (Lipinski definition) is 7. The summed E-state index contributed by atoms with van der Waals surface area (Å²) < 4.78 is 14.4. The molecule has 0 spiro atoms. The molecule has 0 bridgehead atoms.